The minimum Gasteiger partial charge on any atom is -0.365 e. The molecular weight excluding hydrogens is 132 g/mol. The fraction of sp³-hybridized carbons (Fsp3) is 0.200. The second-order valence-electron chi connectivity index (χ2n) is 1.63. The summed E-state index contributed by atoms with van der Waals surface area (Å²) in [6, 6.07) is 0. The van der Waals surface area contributed by atoms with Crippen LogP contribution < -0.4 is 11.5 Å². The van der Waals surface area contributed by atoms with E-state index >= 15 is 0 Å². The molecule has 5 nitrogen and oxygen atoms in total. The van der Waals surface area contributed by atoms with E-state index in [2.05, 4.69) is 14.7 Å². The summed E-state index contributed by atoms with van der Waals surface area (Å²) in [6.45, 7) is 0.447. The van der Waals surface area contributed by atoms with Gasteiger partial charge in [-0.3, -0.25) is 0 Å². The Labute approximate surface area is 57.7 Å². The Morgan fingerprint density at radius 3 is 2.90 bits per heavy atom. The van der Waals surface area contributed by atoms with Crippen LogP contribution in [0.2, 0.25) is 0 Å². The number of nitrogens with two attached hydrogens (primary N) is 2. The third-order valence-corrected chi connectivity index (χ3v) is 0.854. The molecule has 1 aromatic heterocycles. The van der Waals surface area contributed by atoms with Gasteiger partial charge in [-0.05, 0) is 5.16 Å². The summed E-state index contributed by atoms with van der Waals surface area (Å²) >= 11 is 0. The number of hydrogen-bond donors (Lipinski definition) is 2. The molecule has 0 aliphatic rings. The lowest BCUT2D eigenvalue weighted by atomic mass is 10.5. The standard InChI is InChI=1S/C5H8N4O/c6-3-1-2-4-8-5(7)9-10-4/h1-2H,3,6H2,(H2,7,9)/b2-1+. The van der Waals surface area contributed by atoms with Crippen molar-refractivity contribution < 1.29 is 4.52 Å². The predicted octanol–water partition coefficient (Wildman–Crippen LogP) is -0.376. The molecule has 4 N–H and O–H groups in total. The third kappa shape index (κ3) is 1.56. The van der Waals surface area contributed by atoms with Gasteiger partial charge < -0.3 is 16.0 Å². The van der Waals surface area contributed by atoms with Gasteiger partial charge >= 0.3 is 0 Å². The largest absolute Gasteiger partial charge is 0.365 e. The highest BCUT2D eigenvalue weighted by atomic mass is 16.5. The molecule has 0 saturated carbocycles. The van der Waals surface area contributed by atoms with Gasteiger partial charge in [0.25, 0.3) is 11.8 Å². The molecule has 0 atom stereocenters. The van der Waals surface area contributed by atoms with E-state index in [1.165, 1.54) is 0 Å². The third-order valence-electron chi connectivity index (χ3n) is 0.854. The summed E-state index contributed by atoms with van der Waals surface area (Å²) in [4.78, 5) is 3.71. The van der Waals surface area contributed by atoms with Gasteiger partial charge in [0, 0.05) is 12.6 Å². The first-order valence-electron chi connectivity index (χ1n) is 2.78. The first-order chi connectivity index (χ1) is 4.83. The summed E-state index contributed by atoms with van der Waals surface area (Å²) in [5, 5.41) is 3.37. The lowest BCUT2D eigenvalue weighted by Crippen LogP contribution is -1.92. The first kappa shape index (κ1) is 6.76. The second-order valence-corrected chi connectivity index (χ2v) is 1.63. The molecule has 0 amide bonds. The number of rotatable bonds is 2. The normalized spacial score (nSPS) is 10.9. The highest BCUT2D eigenvalue weighted by molar-refractivity contribution is 5.39. The summed E-state index contributed by atoms with van der Waals surface area (Å²) in [5.74, 6) is 0.514. The molecule has 0 aliphatic carbocycles. The maximum absolute atomic E-state index is 5.18. The van der Waals surface area contributed by atoms with Crippen LogP contribution in [0.15, 0.2) is 10.6 Å². The van der Waals surface area contributed by atoms with Gasteiger partial charge in [0.2, 0.25) is 0 Å². The predicted molar refractivity (Wildman–Crippen MR) is 36.8 cm³/mol. The molecule has 1 aromatic rings. The fourth-order valence-electron chi connectivity index (χ4n) is 0.484. The SMILES string of the molecule is NC/C=C/c1nc(N)no1. The van der Waals surface area contributed by atoms with Crippen molar-refractivity contribution in [3.05, 3.63) is 12.0 Å². The van der Waals surface area contributed by atoms with Crippen LogP contribution in [-0.2, 0) is 0 Å². The van der Waals surface area contributed by atoms with E-state index in [9.17, 15) is 0 Å². The Bertz CT molecular complexity index is 229. The topological polar surface area (TPSA) is 91.0 Å². The summed E-state index contributed by atoms with van der Waals surface area (Å²) < 4.78 is 4.64. The van der Waals surface area contributed by atoms with Crippen LogP contribution >= 0.6 is 0 Å². The zero-order valence-electron chi connectivity index (χ0n) is 5.32. The van der Waals surface area contributed by atoms with Crippen LogP contribution in [0, 0.1) is 0 Å². The molecule has 10 heavy (non-hydrogen) atoms. The van der Waals surface area contributed by atoms with E-state index in [1.54, 1.807) is 12.2 Å². The number of nitrogens with zero attached hydrogens (tertiary/aromatic N) is 2. The molecule has 0 spiro atoms. The lowest BCUT2D eigenvalue weighted by Gasteiger charge is -1.76. The average Bonchev–Trinajstić information content (AvgIpc) is 2.31. The van der Waals surface area contributed by atoms with E-state index in [4.69, 9.17) is 11.5 Å². The van der Waals surface area contributed by atoms with Gasteiger partial charge in [-0.1, -0.05) is 6.08 Å². The lowest BCUT2D eigenvalue weighted by molar-refractivity contribution is 0.411. The van der Waals surface area contributed by atoms with Crippen LogP contribution in [0.5, 0.6) is 0 Å². The van der Waals surface area contributed by atoms with Gasteiger partial charge in [0.1, 0.15) is 0 Å². The molecule has 0 fully saturated rings. The van der Waals surface area contributed by atoms with Crippen molar-refractivity contribution in [2.75, 3.05) is 12.3 Å². The van der Waals surface area contributed by atoms with E-state index < -0.39 is 0 Å². The quantitative estimate of drug-likeness (QED) is 0.584. The van der Waals surface area contributed by atoms with E-state index in [0.717, 1.165) is 0 Å². The highest BCUT2D eigenvalue weighted by Crippen LogP contribution is 1.98. The van der Waals surface area contributed by atoms with E-state index in [1.807, 2.05) is 0 Å². The van der Waals surface area contributed by atoms with Crippen molar-refractivity contribution in [3.63, 3.8) is 0 Å². The number of anilines is 1. The van der Waals surface area contributed by atoms with E-state index in [-0.39, 0.29) is 5.95 Å². The first-order valence-corrected chi connectivity index (χ1v) is 2.78. The maximum atomic E-state index is 5.18. The minimum atomic E-state index is 0.136. The molecule has 0 bridgehead atoms. The molecule has 1 heterocycles. The summed E-state index contributed by atoms with van der Waals surface area (Å²) in [6.07, 6.45) is 3.32. The molecule has 54 valence electrons. The van der Waals surface area contributed by atoms with Crippen LogP contribution in [0.4, 0.5) is 5.95 Å². The average molecular weight is 140 g/mol. The molecule has 0 unspecified atom stereocenters. The summed E-state index contributed by atoms with van der Waals surface area (Å²) in [5.41, 5.74) is 10.3. The number of aromatic nitrogens is 2. The Kier molecular flexibility index (Phi) is 2.01. The number of hydrogen-bond acceptors (Lipinski definition) is 5. The Morgan fingerprint density at radius 1 is 1.60 bits per heavy atom. The van der Waals surface area contributed by atoms with Crippen molar-refractivity contribution in [3.8, 4) is 0 Å². The second kappa shape index (κ2) is 2.98. The molecule has 0 aliphatic heterocycles. The monoisotopic (exact) mass is 140 g/mol. The minimum absolute atomic E-state index is 0.136. The fourth-order valence-corrected chi connectivity index (χ4v) is 0.484. The van der Waals surface area contributed by atoms with Crippen molar-refractivity contribution in [1.29, 1.82) is 0 Å². The zero-order chi connectivity index (χ0) is 7.40. The molecular formula is C5H8N4O. The van der Waals surface area contributed by atoms with Crippen molar-refractivity contribution >= 4 is 12.0 Å². The Morgan fingerprint density at radius 2 is 2.40 bits per heavy atom. The van der Waals surface area contributed by atoms with Gasteiger partial charge in [-0.2, -0.15) is 4.98 Å². The molecule has 5 heteroatoms. The Hall–Kier alpha value is -1.36. The maximum Gasteiger partial charge on any atom is 0.261 e. The van der Waals surface area contributed by atoms with Gasteiger partial charge in [0.15, 0.2) is 0 Å². The molecule has 1 rings (SSSR count). The molecule has 0 aromatic carbocycles. The smallest absolute Gasteiger partial charge is 0.261 e. The van der Waals surface area contributed by atoms with Crippen LogP contribution in [0.1, 0.15) is 5.89 Å². The van der Waals surface area contributed by atoms with Crippen LogP contribution in [-0.4, -0.2) is 16.7 Å². The van der Waals surface area contributed by atoms with E-state index in [0.29, 0.717) is 12.4 Å². The molecule has 0 saturated heterocycles. The Balaban J connectivity index is 2.67. The van der Waals surface area contributed by atoms with Crippen LogP contribution in [0.25, 0.3) is 6.08 Å². The van der Waals surface area contributed by atoms with Crippen molar-refractivity contribution in [2.24, 2.45) is 5.73 Å². The van der Waals surface area contributed by atoms with Gasteiger partial charge in [0.05, 0.1) is 0 Å². The highest BCUT2D eigenvalue weighted by Gasteiger charge is 1.95. The van der Waals surface area contributed by atoms with Gasteiger partial charge in [-0.15, -0.1) is 0 Å². The summed E-state index contributed by atoms with van der Waals surface area (Å²) in [7, 11) is 0. The van der Waals surface area contributed by atoms with Crippen molar-refractivity contribution in [1.82, 2.24) is 10.1 Å². The number of nitrogen functional groups attached to an aromatic ring is 1. The molecule has 0 radical (unpaired) electrons. The van der Waals surface area contributed by atoms with Crippen LogP contribution in [0.3, 0.4) is 0 Å². The van der Waals surface area contributed by atoms with Crippen molar-refractivity contribution in [2.45, 2.75) is 0 Å². The van der Waals surface area contributed by atoms with Gasteiger partial charge in [-0.25, -0.2) is 0 Å². The zero-order valence-corrected chi connectivity index (χ0v) is 5.32.